The molecule has 0 saturated carbocycles. The molecule has 1 aromatic rings. The van der Waals surface area contributed by atoms with Gasteiger partial charge in [0.05, 0.1) is 13.2 Å². The second kappa shape index (κ2) is 5.57. The monoisotopic (exact) mass is 271 g/mol. The zero-order valence-corrected chi connectivity index (χ0v) is 10.9. The summed E-state index contributed by atoms with van der Waals surface area (Å²) in [7, 11) is 1.54. The summed E-state index contributed by atoms with van der Waals surface area (Å²) in [5.41, 5.74) is 0.716. The molecule has 1 amide bonds. The zero-order chi connectivity index (χ0) is 13.1. The lowest BCUT2D eigenvalue weighted by atomic mass is 10.0. The molecule has 0 radical (unpaired) electrons. The van der Waals surface area contributed by atoms with Gasteiger partial charge in [0, 0.05) is 12.1 Å². The van der Waals surface area contributed by atoms with Gasteiger partial charge < -0.3 is 9.64 Å². The Balaban J connectivity index is 2.35. The average molecular weight is 272 g/mol. The van der Waals surface area contributed by atoms with Gasteiger partial charge in [0.25, 0.3) is 0 Å². The van der Waals surface area contributed by atoms with Crippen LogP contribution in [0.5, 0.6) is 5.75 Å². The van der Waals surface area contributed by atoms with Crippen LogP contribution >= 0.6 is 11.6 Å². The van der Waals surface area contributed by atoms with Gasteiger partial charge in [-0.05, 0) is 31.0 Å². The first kappa shape index (κ1) is 13.1. The Hall–Kier alpha value is -1.29. The van der Waals surface area contributed by atoms with Crippen LogP contribution in [0.15, 0.2) is 18.2 Å². The number of hydrogen-bond donors (Lipinski definition) is 0. The van der Waals surface area contributed by atoms with Crippen LogP contribution in [0, 0.1) is 5.82 Å². The highest BCUT2D eigenvalue weighted by atomic mass is 35.5. The fraction of sp³-hybridized carbons (Fsp3) is 0.462. The van der Waals surface area contributed by atoms with E-state index in [0.29, 0.717) is 17.9 Å². The van der Waals surface area contributed by atoms with Crippen molar-refractivity contribution in [2.75, 3.05) is 19.5 Å². The number of benzene rings is 1. The summed E-state index contributed by atoms with van der Waals surface area (Å²) < 4.78 is 18.6. The SMILES string of the molecule is COc1ccc(F)cc1C1CCCN1C(=O)CCl. The van der Waals surface area contributed by atoms with Gasteiger partial charge in [0.15, 0.2) is 0 Å². The molecule has 1 aromatic carbocycles. The Bertz CT molecular complexity index is 453. The Kier molecular flexibility index (Phi) is 4.07. The molecular weight excluding hydrogens is 257 g/mol. The molecule has 0 N–H and O–H groups in total. The maximum absolute atomic E-state index is 13.4. The third kappa shape index (κ3) is 2.43. The predicted molar refractivity (Wildman–Crippen MR) is 67.4 cm³/mol. The first-order chi connectivity index (χ1) is 8.67. The molecule has 0 spiro atoms. The molecule has 3 nitrogen and oxygen atoms in total. The van der Waals surface area contributed by atoms with Gasteiger partial charge in [-0.15, -0.1) is 11.6 Å². The molecule has 2 rings (SSSR count). The maximum atomic E-state index is 13.4. The van der Waals surface area contributed by atoms with Crippen molar-refractivity contribution in [2.45, 2.75) is 18.9 Å². The fourth-order valence-electron chi connectivity index (χ4n) is 2.43. The zero-order valence-electron chi connectivity index (χ0n) is 10.2. The lowest BCUT2D eigenvalue weighted by molar-refractivity contribution is -0.129. The summed E-state index contributed by atoms with van der Waals surface area (Å²) in [6.07, 6.45) is 1.70. The number of ether oxygens (including phenoxy) is 1. The molecular formula is C13H15ClFNO2. The number of amides is 1. The maximum Gasteiger partial charge on any atom is 0.238 e. The van der Waals surface area contributed by atoms with Gasteiger partial charge >= 0.3 is 0 Å². The van der Waals surface area contributed by atoms with E-state index in [9.17, 15) is 9.18 Å². The molecule has 1 atom stereocenters. The first-order valence-electron chi connectivity index (χ1n) is 5.86. The molecule has 1 heterocycles. The largest absolute Gasteiger partial charge is 0.496 e. The van der Waals surface area contributed by atoms with E-state index in [1.165, 1.54) is 12.1 Å². The van der Waals surface area contributed by atoms with Crippen molar-refractivity contribution >= 4 is 17.5 Å². The van der Waals surface area contributed by atoms with Crippen LogP contribution in [0.1, 0.15) is 24.4 Å². The quantitative estimate of drug-likeness (QED) is 0.791. The van der Waals surface area contributed by atoms with E-state index in [1.807, 2.05) is 0 Å². The van der Waals surface area contributed by atoms with Crippen molar-refractivity contribution < 1.29 is 13.9 Å². The standard InChI is InChI=1S/C13H15ClFNO2/c1-18-12-5-4-9(15)7-10(12)11-3-2-6-16(11)13(17)8-14/h4-5,7,11H,2-3,6,8H2,1H3. The van der Waals surface area contributed by atoms with E-state index in [1.54, 1.807) is 18.1 Å². The predicted octanol–water partition coefficient (Wildman–Crippen LogP) is 2.74. The highest BCUT2D eigenvalue weighted by Crippen LogP contribution is 2.37. The number of hydrogen-bond acceptors (Lipinski definition) is 2. The van der Waals surface area contributed by atoms with Gasteiger partial charge in [-0.2, -0.15) is 0 Å². The Morgan fingerprint density at radius 2 is 2.39 bits per heavy atom. The van der Waals surface area contributed by atoms with E-state index in [-0.39, 0.29) is 23.6 Å². The lowest BCUT2D eigenvalue weighted by Gasteiger charge is -2.25. The number of nitrogens with zero attached hydrogens (tertiary/aromatic N) is 1. The van der Waals surface area contributed by atoms with Crippen LogP contribution in [0.2, 0.25) is 0 Å². The number of methoxy groups -OCH3 is 1. The number of likely N-dealkylation sites (tertiary alicyclic amines) is 1. The highest BCUT2D eigenvalue weighted by molar-refractivity contribution is 6.27. The molecule has 1 aliphatic heterocycles. The summed E-state index contributed by atoms with van der Waals surface area (Å²) in [6.45, 7) is 0.663. The summed E-state index contributed by atoms with van der Waals surface area (Å²) in [4.78, 5) is 13.4. The second-order valence-electron chi connectivity index (χ2n) is 4.27. The molecule has 0 aliphatic carbocycles. The first-order valence-corrected chi connectivity index (χ1v) is 6.39. The van der Waals surface area contributed by atoms with Gasteiger partial charge in [-0.3, -0.25) is 4.79 Å². The second-order valence-corrected chi connectivity index (χ2v) is 4.53. The van der Waals surface area contributed by atoms with Gasteiger partial charge in [0.1, 0.15) is 17.4 Å². The molecule has 1 saturated heterocycles. The smallest absolute Gasteiger partial charge is 0.238 e. The highest BCUT2D eigenvalue weighted by Gasteiger charge is 2.31. The Labute approximate surface area is 110 Å². The summed E-state index contributed by atoms with van der Waals surface area (Å²) in [5.74, 6) is 0.117. The molecule has 1 unspecified atom stereocenters. The van der Waals surface area contributed by atoms with Crippen molar-refractivity contribution in [1.82, 2.24) is 4.90 Å². The number of rotatable bonds is 3. The Morgan fingerprint density at radius 1 is 1.61 bits per heavy atom. The van der Waals surface area contributed by atoms with E-state index >= 15 is 0 Å². The summed E-state index contributed by atoms with van der Waals surface area (Å²) >= 11 is 5.59. The van der Waals surface area contributed by atoms with Gasteiger partial charge in [-0.25, -0.2) is 4.39 Å². The molecule has 18 heavy (non-hydrogen) atoms. The summed E-state index contributed by atoms with van der Waals surface area (Å²) in [6, 6.07) is 4.24. The van der Waals surface area contributed by atoms with Crippen molar-refractivity contribution in [3.63, 3.8) is 0 Å². The average Bonchev–Trinajstić information content (AvgIpc) is 2.86. The molecule has 0 bridgehead atoms. The number of carbonyl (C=O) groups excluding carboxylic acids is 1. The Morgan fingerprint density at radius 3 is 3.06 bits per heavy atom. The van der Waals surface area contributed by atoms with Gasteiger partial charge in [-0.1, -0.05) is 0 Å². The van der Waals surface area contributed by atoms with Crippen molar-refractivity contribution in [3.8, 4) is 5.75 Å². The van der Waals surface area contributed by atoms with Crippen LogP contribution in [0.3, 0.4) is 0 Å². The van der Waals surface area contributed by atoms with E-state index in [4.69, 9.17) is 16.3 Å². The van der Waals surface area contributed by atoms with Crippen LogP contribution in [-0.4, -0.2) is 30.3 Å². The molecule has 5 heteroatoms. The number of halogens is 2. The number of alkyl halides is 1. The minimum Gasteiger partial charge on any atom is -0.496 e. The van der Waals surface area contributed by atoms with E-state index in [0.717, 1.165) is 12.8 Å². The van der Waals surface area contributed by atoms with Crippen LogP contribution in [0.25, 0.3) is 0 Å². The minimum atomic E-state index is -0.323. The van der Waals surface area contributed by atoms with Crippen LogP contribution in [0.4, 0.5) is 4.39 Å². The van der Waals surface area contributed by atoms with Crippen molar-refractivity contribution in [3.05, 3.63) is 29.6 Å². The fourth-order valence-corrected chi connectivity index (χ4v) is 2.58. The van der Waals surface area contributed by atoms with E-state index < -0.39 is 0 Å². The number of carbonyl (C=O) groups is 1. The minimum absolute atomic E-state index is 0.0475. The van der Waals surface area contributed by atoms with Gasteiger partial charge in [0.2, 0.25) is 5.91 Å². The van der Waals surface area contributed by atoms with Crippen molar-refractivity contribution in [2.24, 2.45) is 0 Å². The topological polar surface area (TPSA) is 29.5 Å². The van der Waals surface area contributed by atoms with E-state index in [2.05, 4.69) is 0 Å². The molecule has 0 aromatic heterocycles. The van der Waals surface area contributed by atoms with Crippen molar-refractivity contribution in [1.29, 1.82) is 0 Å². The lowest BCUT2D eigenvalue weighted by Crippen LogP contribution is -2.31. The molecule has 1 fully saturated rings. The summed E-state index contributed by atoms with van der Waals surface area (Å²) in [5, 5.41) is 0. The molecule has 1 aliphatic rings. The molecule has 98 valence electrons. The van der Waals surface area contributed by atoms with Crippen LogP contribution < -0.4 is 4.74 Å². The normalized spacial score (nSPS) is 19.1. The third-order valence-electron chi connectivity index (χ3n) is 3.24. The van der Waals surface area contributed by atoms with Crippen LogP contribution in [-0.2, 0) is 4.79 Å². The third-order valence-corrected chi connectivity index (χ3v) is 3.47.